The summed E-state index contributed by atoms with van der Waals surface area (Å²) < 4.78 is 0. The van der Waals surface area contributed by atoms with Gasteiger partial charge in [0.1, 0.15) is 0 Å². The van der Waals surface area contributed by atoms with E-state index in [1.54, 1.807) is 0 Å². The lowest BCUT2D eigenvalue weighted by atomic mass is 9.75. The summed E-state index contributed by atoms with van der Waals surface area (Å²) in [6, 6.07) is 0.722. The van der Waals surface area contributed by atoms with Crippen molar-refractivity contribution in [1.29, 1.82) is 0 Å². The molecule has 0 spiro atoms. The monoisotopic (exact) mass is 244 g/mol. The van der Waals surface area contributed by atoms with Gasteiger partial charge in [0.2, 0.25) is 0 Å². The van der Waals surface area contributed by atoms with Crippen LogP contribution in [0.3, 0.4) is 0 Å². The van der Waals surface area contributed by atoms with Gasteiger partial charge < -0.3 is 10.2 Å². The molecule has 0 saturated heterocycles. The van der Waals surface area contributed by atoms with E-state index in [4.69, 9.17) is 0 Å². The van der Waals surface area contributed by atoms with Crippen LogP contribution in [0.5, 0.6) is 0 Å². The topological polar surface area (TPSA) is 15.3 Å². The summed E-state index contributed by atoms with van der Waals surface area (Å²) in [7, 11) is 6.42. The molecule has 1 fully saturated rings. The third-order valence-electron chi connectivity index (χ3n) is 3.58. The molecule has 0 bridgehead atoms. The highest BCUT2D eigenvalue weighted by Crippen LogP contribution is 2.40. The molecule has 0 aromatic carbocycles. The second-order valence-electron chi connectivity index (χ2n) is 6.01. The lowest BCUT2D eigenvalue weighted by molar-refractivity contribution is 0.218. The summed E-state index contributed by atoms with van der Waals surface area (Å²) in [5.74, 6) is 1.26. The summed E-state index contributed by atoms with van der Waals surface area (Å²) in [6.45, 7) is 6.02. The van der Waals surface area contributed by atoms with Crippen molar-refractivity contribution < 1.29 is 0 Å². The minimum Gasteiger partial charge on any atom is -0.316 e. The molecule has 0 aromatic heterocycles. The minimum atomic E-state index is 0.545. The SMILES string of the molecule is CNC1CCC(C)(C)CC1SCCN(C)C. The van der Waals surface area contributed by atoms with Gasteiger partial charge in [0.25, 0.3) is 0 Å². The van der Waals surface area contributed by atoms with Gasteiger partial charge in [0.05, 0.1) is 0 Å². The predicted molar refractivity (Wildman–Crippen MR) is 75.3 cm³/mol. The Kier molecular flexibility index (Phi) is 5.62. The maximum Gasteiger partial charge on any atom is 0.0206 e. The second kappa shape index (κ2) is 6.27. The average molecular weight is 244 g/mol. The third-order valence-corrected chi connectivity index (χ3v) is 4.92. The highest BCUT2D eigenvalue weighted by molar-refractivity contribution is 8.00. The van der Waals surface area contributed by atoms with Gasteiger partial charge in [0.15, 0.2) is 0 Å². The van der Waals surface area contributed by atoms with E-state index in [2.05, 4.69) is 57.0 Å². The fourth-order valence-corrected chi connectivity index (χ4v) is 4.26. The zero-order valence-corrected chi connectivity index (χ0v) is 12.4. The summed E-state index contributed by atoms with van der Waals surface area (Å²) >= 11 is 2.16. The Balaban J connectivity index is 2.39. The van der Waals surface area contributed by atoms with Crippen molar-refractivity contribution in [1.82, 2.24) is 10.2 Å². The minimum absolute atomic E-state index is 0.545. The fraction of sp³-hybridized carbons (Fsp3) is 1.00. The van der Waals surface area contributed by atoms with Gasteiger partial charge in [-0.15, -0.1) is 0 Å². The zero-order valence-electron chi connectivity index (χ0n) is 11.5. The van der Waals surface area contributed by atoms with E-state index < -0.39 is 0 Å². The molecule has 2 nitrogen and oxygen atoms in total. The van der Waals surface area contributed by atoms with E-state index in [0.29, 0.717) is 5.41 Å². The molecule has 1 N–H and O–H groups in total. The van der Waals surface area contributed by atoms with Crippen molar-refractivity contribution in [3.05, 3.63) is 0 Å². The van der Waals surface area contributed by atoms with Gasteiger partial charge in [-0.1, -0.05) is 13.8 Å². The molecule has 1 aliphatic carbocycles. The van der Waals surface area contributed by atoms with E-state index in [1.807, 2.05) is 0 Å². The van der Waals surface area contributed by atoms with Crippen LogP contribution in [0, 0.1) is 5.41 Å². The molecule has 1 rings (SSSR count). The van der Waals surface area contributed by atoms with Crippen LogP contribution < -0.4 is 5.32 Å². The molecule has 1 saturated carbocycles. The van der Waals surface area contributed by atoms with Crippen LogP contribution in [0.1, 0.15) is 33.1 Å². The number of hydrogen-bond acceptors (Lipinski definition) is 3. The fourth-order valence-electron chi connectivity index (χ4n) is 2.41. The Labute approximate surface area is 106 Å². The highest BCUT2D eigenvalue weighted by Gasteiger charge is 2.34. The first kappa shape index (κ1) is 14.3. The summed E-state index contributed by atoms with van der Waals surface area (Å²) in [5, 5.41) is 4.30. The molecule has 0 heterocycles. The Bertz CT molecular complexity index is 204. The van der Waals surface area contributed by atoms with Crippen LogP contribution >= 0.6 is 11.8 Å². The molecule has 0 aromatic rings. The third kappa shape index (κ3) is 4.64. The van der Waals surface area contributed by atoms with Crippen molar-refractivity contribution in [3.8, 4) is 0 Å². The molecule has 0 radical (unpaired) electrons. The Morgan fingerprint density at radius 1 is 1.38 bits per heavy atom. The smallest absolute Gasteiger partial charge is 0.0206 e. The van der Waals surface area contributed by atoms with Gasteiger partial charge in [0, 0.05) is 23.6 Å². The summed E-state index contributed by atoms with van der Waals surface area (Å²) in [5.41, 5.74) is 0.545. The summed E-state index contributed by atoms with van der Waals surface area (Å²) in [6.07, 6.45) is 4.06. The first-order valence-corrected chi connectivity index (χ1v) is 7.43. The van der Waals surface area contributed by atoms with Gasteiger partial charge in [-0.05, 0) is 45.8 Å². The standard InChI is InChI=1S/C13H28N2S/c1-13(2)7-6-11(14-3)12(10-13)16-9-8-15(4)5/h11-12,14H,6-10H2,1-5H3. The van der Waals surface area contributed by atoms with Crippen LogP contribution in [-0.4, -0.2) is 49.6 Å². The van der Waals surface area contributed by atoms with Crippen LogP contribution in [0.2, 0.25) is 0 Å². The molecule has 3 heteroatoms. The van der Waals surface area contributed by atoms with Crippen LogP contribution in [0.4, 0.5) is 0 Å². The number of hydrogen-bond donors (Lipinski definition) is 1. The second-order valence-corrected chi connectivity index (χ2v) is 7.36. The molecule has 96 valence electrons. The van der Waals surface area contributed by atoms with Gasteiger partial charge >= 0.3 is 0 Å². The molecule has 1 aliphatic rings. The Morgan fingerprint density at radius 2 is 2.06 bits per heavy atom. The van der Waals surface area contributed by atoms with Crippen molar-refractivity contribution in [2.24, 2.45) is 5.41 Å². The van der Waals surface area contributed by atoms with Crippen LogP contribution in [0.15, 0.2) is 0 Å². The maximum absolute atomic E-state index is 3.50. The van der Waals surface area contributed by atoms with Gasteiger partial charge in [-0.3, -0.25) is 0 Å². The Morgan fingerprint density at radius 3 is 2.62 bits per heavy atom. The molecule has 0 aliphatic heterocycles. The van der Waals surface area contributed by atoms with Crippen LogP contribution in [0.25, 0.3) is 0 Å². The van der Waals surface area contributed by atoms with Gasteiger partial charge in [-0.2, -0.15) is 11.8 Å². The summed E-state index contributed by atoms with van der Waals surface area (Å²) in [4.78, 5) is 2.27. The molecule has 0 amide bonds. The predicted octanol–water partition coefficient (Wildman–Crippen LogP) is 2.45. The van der Waals surface area contributed by atoms with E-state index in [-0.39, 0.29) is 0 Å². The number of thioether (sulfide) groups is 1. The first-order valence-electron chi connectivity index (χ1n) is 6.38. The van der Waals surface area contributed by atoms with E-state index >= 15 is 0 Å². The average Bonchev–Trinajstić information content (AvgIpc) is 2.16. The zero-order chi connectivity index (χ0) is 12.2. The van der Waals surface area contributed by atoms with E-state index in [0.717, 1.165) is 11.3 Å². The Hall–Kier alpha value is 0.270. The van der Waals surface area contributed by atoms with E-state index in [1.165, 1.54) is 31.6 Å². The number of nitrogens with zero attached hydrogens (tertiary/aromatic N) is 1. The first-order chi connectivity index (χ1) is 7.44. The molecule has 2 atom stereocenters. The molecular formula is C13H28N2S. The maximum atomic E-state index is 3.50. The normalized spacial score (nSPS) is 29.6. The molecule has 2 unspecified atom stereocenters. The lowest BCUT2D eigenvalue weighted by Crippen LogP contribution is -2.43. The van der Waals surface area contributed by atoms with Crippen molar-refractivity contribution in [2.45, 2.75) is 44.4 Å². The van der Waals surface area contributed by atoms with E-state index in [9.17, 15) is 0 Å². The largest absolute Gasteiger partial charge is 0.316 e. The lowest BCUT2D eigenvalue weighted by Gasteiger charge is -2.40. The van der Waals surface area contributed by atoms with Crippen molar-refractivity contribution >= 4 is 11.8 Å². The molecule has 16 heavy (non-hydrogen) atoms. The quantitative estimate of drug-likeness (QED) is 0.800. The van der Waals surface area contributed by atoms with Crippen LogP contribution in [-0.2, 0) is 0 Å². The number of rotatable bonds is 5. The number of nitrogens with one attached hydrogen (secondary N) is 1. The highest BCUT2D eigenvalue weighted by atomic mass is 32.2. The van der Waals surface area contributed by atoms with Crippen molar-refractivity contribution in [2.75, 3.05) is 33.4 Å². The van der Waals surface area contributed by atoms with Crippen molar-refractivity contribution in [3.63, 3.8) is 0 Å². The van der Waals surface area contributed by atoms with Gasteiger partial charge in [-0.25, -0.2) is 0 Å². The molecular weight excluding hydrogens is 216 g/mol.